The van der Waals surface area contributed by atoms with Gasteiger partial charge >= 0.3 is 0 Å². The van der Waals surface area contributed by atoms with Crippen molar-refractivity contribution in [2.45, 2.75) is 90.1 Å². The highest BCUT2D eigenvalue weighted by Crippen LogP contribution is 2.28. The molecule has 28 heavy (non-hydrogen) atoms. The third-order valence-electron chi connectivity index (χ3n) is 5.75. The summed E-state index contributed by atoms with van der Waals surface area (Å²) in [5, 5.41) is 8.31. The maximum atomic E-state index is 5.91. The van der Waals surface area contributed by atoms with Gasteiger partial charge in [0.15, 0.2) is 5.11 Å². The van der Waals surface area contributed by atoms with Crippen molar-refractivity contribution < 1.29 is 4.74 Å². The standard InChI is InChI=1S/C23H37N3OS/c1-17-8-10-18(11-9-17)15-26(16-20-7-6-12-27-20)21(28)24-19-13-22(2,3)25-23(4,5)14-19/h8-11,19-20,25H,6-7,12-16H2,1-5H3,(H,24,28). The molecular formula is C23H37N3OS. The second-order valence-corrected chi connectivity index (χ2v) is 10.3. The quantitative estimate of drug-likeness (QED) is 0.722. The van der Waals surface area contributed by atoms with Gasteiger partial charge in [0.25, 0.3) is 0 Å². The van der Waals surface area contributed by atoms with Gasteiger partial charge in [0.1, 0.15) is 0 Å². The van der Waals surface area contributed by atoms with Crippen molar-refractivity contribution in [3.05, 3.63) is 35.4 Å². The molecule has 0 radical (unpaired) electrons. The van der Waals surface area contributed by atoms with Crippen LogP contribution in [0.25, 0.3) is 0 Å². The molecule has 2 fully saturated rings. The number of piperidine rings is 1. The van der Waals surface area contributed by atoms with Gasteiger partial charge in [-0.15, -0.1) is 0 Å². The van der Waals surface area contributed by atoms with Crippen LogP contribution in [-0.4, -0.2) is 46.4 Å². The molecule has 1 unspecified atom stereocenters. The first kappa shape index (κ1) is 21.5. The molecule has 0 spiro atoms. The molecule has 2 saturated heterocycles. The first-order chi connectivity index (χ1) is 13.1. The van der Waals surface area contributed by atoms with Gasteiger partial charge in [-0.1, -0.05) is 29.8 Å². The monoisotopic (exact) mass is 403 g/mol. The van der Waals surface area contributed by atoms with Crippen molar-refractivity contribution in [2.24, 2.45) is 0 Å². The topological polar surface area (TPSA) is 36.5 Å². The van der Waals surface area contributed by atoms with E-state index in [9.17, 15) is 0 Å². The van der Waals surface area contributed by atoms with Gasteiger partial charge in [-0.3, -0.25) is 0 Å². The number of hydrogen-bond acceptors (Lipinski definition) is 3. The van der Waals surface area contributed by atoms with Crippen LogP contribution >= 0.6 is 12.2 Å². The Labute approximate surface area is 176 Å². The van der Waals surface area contributed by atoms with Crippen LogP contribution < -0.4 is 10.6 Å². The molecule has 0 amide bonds. The Morgan fingerprint density at radius 1 is 1.18 bits per heavy atom. The Balaban J connectivity index is 1.69. The average molecular weight is 404 g/mol. The maximum absolute atomic E-state index is 5.91. The summed E-state index contributed by atoms with van der Waals surface area (Å²) in [6.07, 6.45) is 4.69. The minimum Gasteiger partial charge on any atom is -0.376 e. The normalized spacial score (nSPS) is 24.1. The number of nitrogens with one attached hydrogen (secondary N) is 2. The van der Waals surface area contributed by atoms with Crippen LogP contribution in [0.5, 0.6) is 0 Å². The van der Waals surface area contributed by atoms with Gasteiger partial charge in [0.05, 0.1) is 6.10 Å². The lowest BCUT2D eigenvalue weighted by molar-refractivity contribution is 0.0887. The minimum atomic E-state index is 0.103. The summed E-state index contributed by atoms with van der Waals surface area (Å²) in [4.78, 5) is 2.30. The van der Waals surface area contributed by atoms with Crippen LogP contribution in [0.4, 0.5) is 0 Å². The fraction of sp³-hybridized carbons (Fsp3) is 0.696. The van der Waals surface area contributed by atoms with Crippen molar-refractivity contribution in [1.82, 2.24) is 15.5 Å². The zero-order chi connectivity index (χ0) is 20.4. The van der Waals surface area contributed by atoms with Crippen molar-refractivity contribution in [3.63, 3.8) is 0 Å². The molecule has 2 heterocycles. The van der Waals surface area contributed by atoms with Gasteiger partial charge in [0, 0.05) is 36.8 Å². The number of nitrogens with zero attached hydrogens (tertiary/aromatic N) is 1. The summed E-state index contributed by atoms with van der Waals surface area (Å²) in [6.45, 7) is 13.8. The lowest BCUT2D eigenvalue weighted by Gasteiger charge is -2.47. The molecule has 4 nitrogen and oxygen atoms in total. The van der Waals surface area contributed by atoms with Gasteiger partial charge < -0.3 is 20.3 Å². The zero-order valence-corrected chi connectivity index (χ0v) is 19.0. The summed E-state index contributed by atoms with van der Waals surface area (Å²) < 4.78 is 5.91. The zero-order valence-electron chi connectivity index (χ0n) is 18.2. The van der Waals surface area contributed by atoms with Gasteiger partial charge in [0.2, 0.25) is 0 Å². The molecule has 0 aromatic heterocycles. The molecule has 2 aliphatic rings. The molecule has 1 aromatic rings. The van der Waals surface area contributed by atoms with Gasteiger partial charge in [-0.2, -0.15) is 0 Å². The van der Waals surface area contributed by atoms with E-state index in [-0.39, 0.29) is 17.2 Å². The van der Waals surface area contributed by atoms with Gasteiger partial charge in [-0.25, -0.2) is 0 Å². The summed E-state index contributed by atoms with van der Waals surface area (Å²) in [6, 6.07) is 9.14. The Bertz CT molecular complexity index is 649. The number of ether oxygens (including phenoxy) is 1. The molecule has 3 rings (SSSR count). The summed E-state index contributed by atoms with van der Waals surface area (Å²) in [5.41, 5.74) is 2.78. The fourth-order valence-electron chi connectivity index (χ4n) is 4.86. The van der Waals surface area contributed by atoms with Crippen LogP contribution in [0.3, 0.4) is 0 Å². The number of aryl methyl sites for hydroxylation is 1. The number of thiocarbonyl (C=S) groups is 1. The third kappa shape index (κ3) is 6.16. The molecule has 156 valence electrons. The molecule has 0 bridgehead atoms. The van der Waals surface area contributed by atoms with E-state index in [0.717, 1.165) is 50.5 Å². The Morgan fingerprint density at radius 3 is 2.39 bits per heavy atom. The lowest BCUT2D eigenvalue weighted by atomic mass is 9.80. The van der Waals surface area contributed by atoms with Crippen molar-refractivity contribution >= 4 is 17.3 Å². The first-order valence-corrected chi connectivity index (χ1v) is 11.0. The predicted octanol–water partition coefficient (Wildman–Crippen LogP) is 4.16. The Kier molecular flexibility index (Phi) is 6.68. The molecule has 5 heteroatoms. The molecule has 0 aliphatic carbocycles. The van der Waals surface area contributed by atoms with Crippen LogP contribution in [0.2, 0.25) is 0 Å². The average Bonchev–Trinajstić information content (AvgIpc) is 3.06. The van der Waals surface area contributed by atoms with E-state index in [4.69, 9.17) is 17.0 Å². The second kappa shape index (κ2) is 8.68. The minimum absolute atomic E-state index is 0.103. The van der Waals surface area contributed by atoms with Crippen molar-refractivity contribution in [2.75, 3.05) is 13.2 Å². The predicted molar refractivity (Wildman–Crippen MR) is 121 cm³/mol. The smallest absolute Gasteiger partial charge is 0.169 e. The second-order valence-electron chi connectivity index (χ2n) is 9.95. The van der Waals surface area contributed by atoms with E-state index in [1.54, 1.807) is 0 Å². The van der Waals surface area contributed by atoms with Crippen molar-refractivity contribution in [3.8, 4) is 0 Å². The van der Waals surface area contributed by atoms with E-state index in [1.807, 2.05) is 0 Å². The molecule has 1 atom stereocenters. The van der Waals surface area contributed by atoms with Gasteiger partial charge in [-0.05, 0) is 78.1 Å². The van der Waals surface area contributed by atoms with Crippen LogP contribution in [-0.2, 0) is 11.3 Å². The summed E-state index contributed by atoms with van der Waals surface area (Å²) in [5.74, 6) is 0. The van der Waals surface area contributed by atoms with Crippen LogP contribution in [0.15, 0.2) is 24.3 Å². The van der Waals surface area contributed by atoms with E-state index < -0.39 is 0 Å². The molecule has 0 saturated carbocycles. The number of hydrogen-bond donors (Lipinski definition) is 2. The highest BCUT2D eigenvalue weighted by molar-refractivity contribution is 7.80. The number of rotatable bonds is 5. The summed E-state index contributed by atoms with van der Waals surface area (Å²) in [7, 11) is 0. The van der Waals surface area contributed by atoms with E-state index in [0.29, 0.717) is 6.04 Å². The van der Waals surface area contributed by atoms with E-state index in [1.165, 1.54) is 11.1 Å². The molecule has 2 N–H and O–H groups in total. The highest BCUT2D eigenvalue weighted by atomic mass is 32.1. The lowest BCUT2D eigenvalue weighted by Crippen LogP contribution is -2.63. The Hall–Kier alpha value is -1.17. The molecular weight excluding hydrogens is 366 g/mol. The third-order valence-corrected chi connectivity index (χ3v) is 6.12. The SMILES string of the molecule is Cc1ccc(CN(CC2CCCO2)C(=S)NC2CC(C)(C)NC(C)(C)C2)cc1. The first-order valence-electron chi connectivity index (χ1n) is 10.6. The van der Waals surface area contributed by atoms with Crippen molar-refractivity contribution in [1.29, 1.82) is 0 Å². The number of benzene rings is 1. The largest absolute Gasteiger partial charge is 0.376 e. The molecule has 2 aliphatic heterocycles. The maximum Gasteiger partial charge on any atom is 0.169 e. The Morgan fingerprint density at radius 2 is 1.82 bits per heavy atom. The van der Waals surface area contributed by atoms with E-state index in [2.05, 4.69) is 74.4 Å². The highest BCUT2D eigenvalue weighted by Gasteiger charge is 2.38. The van der Waals surface area contributed by atoms with Crippen LogP contribution in [0.1, 0.15) is 64.5 Å². The van der Waals surface area contributed by atoms with Crippen LogP contribution in [0, 0.1) is 6.92 Å². The van der Waals surface area contributed by atoms with E-state index >= 15 is 0 Å². The fourth-order valence-corrected chi connectivity index (χ4v) is 5.16. The summed E-state index contributed by atoms with van der Waals surface area (Å²) >= 11 is 5.90. The molecule has 1 aromatic carbocycles.